The van der Waals surface area contributed by atoms with Crippen LogP contribution in [0.15, 0.2) is 29.8 Å². The monoisotopic (exact) mass is 436 g/mol. The molecule has 162 valence electrons. The summed E-state index contributed by atoms with van der Waals surface area (Å²) in [5.74, 6) is 1.46. The van der Waals surface area contributed by atoms with E-state index in [1.54, 1.807) is 17.5 Å². The van der Waals surface area contributed by atoms with Gasteiger partial charge in [0, 0.05) is 54.8 Å². The number of thiazole rings is 1. The van der Waals surface area contributed by atoms with Crippen molar-refractivity contribution in [2.24, 2.45) is 0 Å². The van der Waals surface area contributed by atoms with Gasteiger partial charge >= 0.3 is 0 Å². The van der Waals surface area contributed by atoms with Crippen LogP contribution in [0, 0.1) is 0 Å². The molecule has 0 spiro atoms. The smallest absolute Gasteiger partial charge is 0.222 e. The van der Waals surface area contributed by atoms with E-state index in [9.17, 15) is 4.79 Å². The van der Waals surface area contributed by atoms with E-state index in [2.05, 4.69) is 26.6 Å². The summed E-state index contributed by atoms with van der Waals surface area (Å²) >= 11 is 1.56. The number of hydrogen-bond donors (Lipinski definition) is 2. The second-order valence-electron chi connectivity index (χ2n) is 8.40. The van der Waals surface area contributed by atoms with Crippen molar-refractivity contribution < 1.29 is 4.79 Å². The first-order chi connectivity index (χ1) is 15.3. The van der Waals surface area contributed by atoms with E-state index < -0.39 is 0 Å². The number of aryl methyl sites for hydroxylation is 2. The molecule has 1 amide bonds. The van der Waals surface area contributed by atoms with E-state index in [1.165, 1.54) is 24.1 Å². The van der Waals surface area contributed by atoms with Crippen LogP contribution in [0.2, 0.25) is 0 Å². The molecule has 3 aromatic heterocycles. The van der Waals surface area contributed by atoms with Gasteiger partial charge in [-0.05, 0) is 56.2 Å². The summed E-state index contributed by atoms with van der Waals surface area (Å²) in [5.41, 5.74) is 4.85. The second-order valence-corrected chi connectivity index (χ2v) is 9.29. The predicted octanol–water partition coefficient (Wildman–Crippen LogP) is 4.22. The summed E-state index contributed by atoms with van der Waals surface area (Å²) in [6.45, 7) is 1.60. The van der Waals surface area contributed by atoms with Crippen molar-refractivity contribution in [1.29, 1.82) is 0 Å². The van der Waals surface area contributed by atoms with Crippen LogP contribution in [-0.4, -0.2) is 44.1 Å². The zero-order chi connectivity index (χ0) is 21.0. The number of pyridine rings is 1. The Morgan fingerprint density at radius 2 is 2.10 bits per heavy atom. The summed E-state index contributed by atoms with van der Waals surface area (Å²) in [6, 6.07) is 6.10. The molecule has 3 aromatic rings. The van der Waals surface area contributed by atoms with Crippen molar-refractivity contribution in [1.82, 2.24) is 25.1 Å². The molecule has 0 saturated carbocycles. The number of nitrogens with one attached hydrogen (secondary N) is 2. The number of carbonyl (C=O) groups is 1. The molecule has 0 atom stereocenters. The Hall–Kier alpha value is -2.74. The zero-order valence-corrected chi connectivity index (χ0v) is 18.5. The van der Waals surface area contributed by atoms with Gasteiger partial charge in [0.05, 0.1) is 5.69 Å². The van der Waals surface area contributed by atoms with E-state index in [0.717, 1.165) is 67.5 Å². The van der Waals surface area contributed by atoms with E-state index in [4.69, 9.17) is 4.98 Å². The first-order valence-electron chi connectivity index (χ1n) is 11.2. The molecule has 2 N–H and O–H groups in total. The summed E-state index contributed by atoms with van der Waals surface area (Å²) in [6.07, 6.45) is 9.66. The fourth-order valence-electron chi connectivity index (χ4n) is 4.71. The van der Waals surface area contributed by atoms with Crippen LogP contribution in [0.4, 0.5) is 10.9 Å². The minimum Gasteiger partial charge on any atom is -0.343 e. The Morgan fingerprint density at radius 1 is 1.23 bits per heavy atom. The molecule has 0 radical (unpaired) electrons. The summed E-state index contributed by atoms with van der Waals surface area (Å²) in [4.78, 5) is 23.9. The van der Waals surface area contributed by atoms with Crippen LogP contribution in [0.25, 0.3) is 0 Å². The van der Waals surface area contributed by atoms with Crippen molar-refractivity contribution in [3.8, 4) is 0 Å². The van der Waals surface area contributed by atoms with Gasteiger partial charge in [0.1, 0.15) is 5.82 Å². The number of carbonyl (C=O) groups excluding carboxylic acids is 1. The van der Waals surface area contributed by atoms with Gasteiger partial charge in [-0.15, -0.1) is 11.3 Å². The third-order valence-electron chi connectivity index (χ3n) is 6.42. The number of anilines is 2. The first kappa shape index (κ1) is 20.2. The Balaban J connectivity index is 1.13. The van der Waals surface area contributed by atoms with Gasteiger partial charge in [-0.3, -0.25) is 9.89 Å². The fraction of sp³-hybridized carbons (Fsp3) is 0.478. The van der Waals surface area contributed by atoms with E-state index in [-0.39, 0.29) is 5.91 Å². The fourth-order valence-corrected chi connectivity index (χ4v) is 5.24. The van der Waals surface area contributed by atoms with Gasteiger partial charge in [0.2, 0.25) is 5.91 Å². The molecule has 2 aliphatic rings. The van der Waals surface area contributed by atoms with Crippen LogP contribution in [0.1, 0.15) is 60.7 Å². The number of rotatable bonds is 6. The van der Waals surface area contributed by atoms with Gasteiger partial charge in [-0.1, -0.05) is 6.07 Å². The van der Waals surface area contributed by atoms with Crippen molar-refractivity contribution >= 4 is 28.2 Å². The van der Waals surface area contributed by atoms with Gasteiger partial charge in [-0.25, -0.2) is 9.97 Å². The predicted molar refractivity (Wildman–Crippen MR) is 122 cm³/mol. The molecular weight excluding hydrogens is 408 g/mol. The van der Waals surface area contributed by atoms with Crippen molar-refractivity contribution in [3.05, 3.63) is 52.4 Å². The zero-order valence-electron chi connectivity index (χ0n) is 17.6. The SMILES string of the molecule is O=C(CCc1n[nH]c2c1CCCC2)N1CCC(c2cccc(Nc3nccs3)n2)CC1. The lowest BCUT2D eigenvalue weighted by Crippen LogP contribution is -2.38. The maximum atomic E-state index is 12.8. The summed E-state index contributed by atoms with van der Waals surface area (Å²) in [5, 5.41) is 13.7. The van der Waals surface area contributed by atoms with Gasteiger partial charge < -0.3 is 10.2 Å². The van der Waals surface area contributed by atoms with Crippen LogP contribution in [0.3, 0.4) is 0 Å². The maximum Gasteiger partial charge on any atom is 0.222 e. The first-order valence-corrected chi connectivity index (χ1v) is 12.1. The minimum absolute atomic E-state index is 0.248. The molecule has 1 saturated heterocycles. The van der Waals surface area contributed by atoms with Gasteiger partial charge in [0.15, 0.2) is 5.13 Å². The van der Waals surface area contributed by atoms with Crippen LogP contribution >= 0.6 is 11.3 Å². The average molecular weight is 437 g/mol. The Morgan fingerprint density at radius 3 is 2.94 bits per heavy atom. The maximum absolute atomic E-state index is 12.8. The van der Waals surface area contributed by atoms with Crippen LogP contribution in [0.5, 0.6) is 0 Å². The normalized spacial score (nSPS) is 16.8. The van der Waals surface area contributed by atoms with Crippen molar-refractivity contribution in [2.45, 2.75) is 57.3 Å². The lowest BCUT2D eigenvalue weighted by Gasteiger charge is -2.32. The number of H-pyrrole nitrogens is 1. The molecule has 1 aliphatic heterocycles. The molecule has 0 unspecified atom stereocenters. The number of nitrogens with zero attached hydrogens (tertiary/aromatic N) is 4. The highest BCUT2D eigenvalue weighted by Crippen LogP contribution is 2.29. The molecule has 5 rings (SSSR count). The third kappa shape index (κ3) is 4.63. The minimum atomic E-state index is 0.248. The van der Waals surface area contributed by atoms with E-state index in [1.807, 2.05) is 22.4 Å². The van der Waals surface area contributed by atoms with E-state index in [0.29, 0.717) is 12.3 Å². The molecule has 0 aromatic carbocycles. The highest BCUT2D eigenvalue weighted by molar-refractivity contribution is 7.13. The lowest BCUT2D eigenvalue weighted by molar-refractivity contribution is -0.132. The quantitative estimate of drug-likeness (QED) is 0.604. The Kier molecular flexibility index (Phi) is 5.97. The van der Waals surface area contributed by atoms with Gasteiger partial charge in [-0.2, -0.15) is 5.10 Å². The molecular formula is C23H28N6OS. The highest BCUT2D eigenvalue weighted by Gasteiger charge is 2.25. The van der Waals surface area contributed by atoms with Crippen LogP contribution < -0.4 is 5.32 Å². The topological polar surface area (TPSA) is 86.8 Å². The third-order valence-corrected chi connectivity index (χ3v) is 7.11. The number of hydrogen-bond acceptors (Lipinski definition) is 6. The van der Waals surface area contributed by atoms with E-state index >= 15 is 0 Å². The molecule has 0 bridgehead atoms. The van der Waals surface area contributed by atoms with Gasteiger partial charge in [0.25, 0.3) is 0 Å². The van der Waals surface area contributed by atoms with Crippen molar-refractivity contribution in [3.63, 3.8) is 0 Å². The highest BCUT2D eigenvalue weighted by atomic mass is 32.1. The Labute approximate surface area is 186 Å². The number of aromatic nitrogens is 4. The number of piperidine rings is 1. The second kappa shape index (κ2) is 9.18. The summed E-state index contributed by atoms with van der Waals surface area (Å²) < 4.78 is 0. The number of likely N-dealkylation sites (tertiary alicyclic amines) is 1. The Bertz CT molecular complexity index is 1020. The molecule has 7 nitrogen and oxygen atoms in total. The number of amides is 1. The molecule has 31 heavy (non-hydrogen) atoms. The van der Waals surface area contributed by atoms with Crippen molar-refractivity contribution in [2.75, 3.05) is 18.4 Å². The number of fused-ring (bicyclic) bond motifs is 1. The largest absolute Gasteiger partial charge is 0.343 e. The molecule has 4 heterocycles. The van der Waals surface area contributed by atoms with Crippen LogP contribution in [-0.2, 0) is 24.1 Å². The summed E-state index contributed by atoms with van der Waals surface area (Å²) in [7, 11) is 0. The molecule has 1 fully saturated rings. The standard InChI is InChI=1S/C23H28N6OS/c30-22(9-8-20-17-4-1-2-5-19(17)27-28-20)29-13-10-16(11-14-29)18-6-3-7-21(25-18)26-23-24-12-15-31-23/h3,6-7,12,15-16H,1-2,4-5,8-11,13-14H2,(H,27,28)(H,24,25,26). The molecule has 8 heteroatoms. The number of aromatic amines is 1. The lowest BCUT2D eigenvalue weighted by atomic mass is 9.92. The molecule has 1 aliphatic carbocycles. The average Bonchev–Trinajstić information content (AvgIpc) is 3.48.